The van der Waals surface area contributed by atoms with Crippen LogP contribution in [0.3, 0.4) is 0 Å². The van der Waals surface area contributed by atoms with Crippen molar-refractivity contribution in [3.8, 4) is 17.1 Å². The van der Waals surface area contributed by atoms with Gasteiger partial charge in [-0.3, -0.25) is 0 Å². The summed E-state index contributed by atoms with van der Waals surface area (Å²) in [5.41, 5.74) is 3.42. The van der Waals surface area contributed by atoms with Crippen molar-refractivity contribution < 1.29 is 9.50 Å². The van der Waals surface area contributed by atoms with E-state index < -0.39 is 5.82 Å². The molecule has 1 heterocycles. The number of benzene rings is 1. The predicted octanol–water partition coefficient (Wildman–Crippen LogP) is 2.57. The van der Waals surface area contributed by atoms with E-state index in [-0.39, 0.29) is 11.2 Å². The summed E-state index contributed by atoms with van der Waals surface area (Å²) in [6.07, 6.45) is 0. The van der Waals surface area contributed by atoms with E-state index in [4.69, 9.17) is 5.84 Å². The molecule has 5 nitrogen and oxygen atoms in total. The summed E-state index contributed by atoms with van der Waals surface area (Å²) in [6.45, 7) is 6.01. The molecule has 0 unspecified atom stereocenters. The second-order valence-corrected chi connectivity index (χ2v) is 5.55. The number of aromatic nitrogens is 2. The Morgan fingerprint density at radius 2 is 1.85 bits per heavy atom. The average molecular weight is 276 g/mol. The third kappa shape index (κ3) is 3.03. The SMILES string of the molecule is CC(C)(C)c1cc(NN)nc(-c2cc(O)cc(F)c2)n1. The first kappa shape index (κ1) is 14.2. The fourth-order valence-corrected chi connectivity index (χ4v) is 1.74. The lowest BCUT2D eigenvalue weighted by molar-refractivity contribution is 0.469. The summed E-state index contributed by atoms with van der Waals surface area (Å²) in [7, 11) is 0. The van der Waals surface area contributed by atoms with Gasteiger partial charge in [-0.05, 0) is 12.1 Å². The summed E-state index contributed by atoms with van der Waals surface area (Å²) < 4.78 is 13.4. The van der Waals surface area contributed by atoms with Crippen LogP contribution in [0.2, 0.25) is 0 Å². The number of halogens is 1. The van der Waals surface area contributed by atoms with Crippen molar-refractivity contribution in [1.29, 1.82) is 0 Å². The van der Waals surface area contributed by atoms with Gasteiger partial charge in [0.15, 0.2) is 5.82 Å². The minimum absolute atomic E-state index is 0.174. The largest absolute Gasteiger partial charge is 0.508 e. The van der Waals surface area contributed by atoms with E-state index in [1.165, 1.54) is 12.1 Å². The Labute approximate surface area is 116 Å². The molecule has 1 aromatic carbocycles. The number of nitrogens with two attached hydrogens (primary N) is 1. The van der Waals surface area contributed by atoms with Gasteiger partial charge in [-0.25, -0.2) is 20.2 Å². The maximum atomic E-state index is 13.4. The van der Waals surface area contributed by atoms with Crippen LogP contribution in [0, 0.1) is 5.82 Å². The minimum atomic E-state index is -0.549. The summed E-state index contributed by atoms with van der Waals surface area (Å²) in [6, 6.07) is 5.44. The van der Waals surface area contributed by atoms with Crippen molar-refractivity contribution in [3.63, 3.8) is 0 Å². The first-order valence-electron chi connectivity index (χ1n) is 6.16. The van der Waals surface area contributed by atoms with E-state index in [0.29, 0.717) is 17.2 Å². The Bertz CT molecular complexity index is 617. The number of phenols is 1. The number of nitrogens with one attached hydrogen (secondary N) is 1. The molecule has 106 valence electrons. The zero-order valence-corrected chi connectivity index (χ0v) is 11.6. The third-order valence-electron chi connectivity index (χ3n) is 2.78. The van der Waals surface area contributed by atoms with Crippen LogP contribution < -0.4 is 11.3 Å². The van der Waals surface area contributed by atoms with Crippen molar-refractivity contribution in [2.45, 2.75) is 26.2 Å². The fourth-order valence-electron chi connectivity index (χ4n) is 1.74. The smallest absolute Gasteiger partial charge is 0.162 e. The molecule has 0 radical (unpaired) electrons. The summed E-state index contributed by atoms with van der Waals surface area (Å²) in [5.74, 6) is 5.42. The lowest BCUT2D eigenvalue weighted by Crippen LogP contribution is -2.17. The number of nitrogens with zero attached hydrogens (tertiary/aromatic N) is 2. The molecular formula is C14H17FN4O. The Kier molecular flexibility index (Phi) is 3.59. The standard InChI is InChI=1S/C14H17FN4O/c1-14(2,3)11-7-12(19-16)18-13(17-11)8-4-9(15)6-10(20)5-8/h4-7,20H,16H2,1-3H3,(H,17,18,19). The van der Waals surface area contributed by atoms with E-state index in [2.05, 4.69) is 15.4 Å². The van der Waals surface area contributed by atoms with Crippen LogP contribution in [0.4, 0.5) is 10.2 Å². The lowest BCUT2D eigenvalue weighted by atomic mass is 9.92. The molecule has 0 spiro atoms. The number of aromatic hydroxyl groups is 1. The van der Waals surface area contributed by atoms with Crippen LogP contribution in [-0.2, 0) is 5.41 Å². The molecule has 0 amide bonds. The Morgan fingerprint density at radius 1 is 1.15 bits per heavy atom. The molecule has 0 fully saturated rings. The first-order chi connectivity index (χ1) is 9.29. The number of phenolic OH excluding ortho intramolecular Hbond substituents is 1. The topological polar surface area (TPSA) is 84.1 Å². The highest BCUT2D eigenvalue weighted by Gasteiger charge is 2.18. The zero-order chi connectivity index (χ0) is 14.9. The van der Waals surface area contributed by atoms with E-state index in [9.17, 15) is 9.50 Å². The molecule has 2 aromatic rings. The molecule has 2 rings (SSSR count). The van der Waals surface area contributed by atoms with Gasteiger partial charge in [0.05, 0.1) is 5.69 Å². The lowest BCUT2D eigenvalue weighted by Gasteiger charge is -2.19. The minimum Gasteiger partial charge on any atom is -0.508 e. The van der Waals surface area contributed by atoms with Crippen LogP contribution in [0.25, 0.3) is 11.4 Å². The normalized spacial score (nSPS) is 11.4. The van der Waals surface area contributed by atoms with Gasteiger partial charge in [0, 0.05) is 23.1 Å². The molecule has 0 saturated heterocycles. The molecule has 20 heavy (non-hydrogen) atoms. The molecule has 6 heteroatoms. The van der Waals surface area contributed by atoms with Crippen LogP contribution in [0.15, 0.2) is 24.3 Å². The van der Waals surface area contributed by atoms with Crippen molar-refractivity contribution in [3.05, 3.63) is 35.8 Å². The predicted molar refractivity (Wildman–Crippen MR) is 75.6 cm³/mol. The summed E-state index contributed by atoms with van der Waals surface area (Å²) in [5, 5.41) is 9.48. The number of nitrogen functional groups attached to an aromatic ring is 1. The number of anilines is 1. The number of hydrazine groups is 1. The Morgan fingerprint density at radius 3 is 2.40 bits per heavy atom. The van der Waals surface area contributed by atoms with E-state index in [0.717, 1.165) is 11.8 Å². The van der Waals surface area contributed by atoms with Gasteiger partial charge in [0.25, 0.3) is 0 Å². The van der Waals surface area contributed by atoms with Crippen LogP contribution in [0.1, 0.15) is 26.5 Å². The number of rotatable bonds is 2. The fraction of sp³-hybridized carbons (Fsp3) is 0.286. The van der Waals surface area contributed by atoms with E-state index >= 15 is 0 Å². The van der Waals surface area contributed by atoms with Gasteiger partial charge in [-0.2, -0.15) is 0 Å². The van der Waals surface area contributed by atoms with Gasteiger partial charge >= 0.3 is 0 Å². The molecule has 4 N–H and O–H groups in total. The van der Waals surface area contributed by atoms with Gasteiger partial charge < -0.3 is 10.5 Å². The highest BCUT2D eigenvalue weighted by atomic mass is 19.1. The number of hydrogen-bond acceptors (Lipinski definition) is 5. The average Bonchev–Trinajstić information content (AvgIpc) is 2.36. The van der Waals surface area contributed by atoms with Gasteiger partial charge in [0.1, 0.15) is 17.4 Å². The maximum Gasteiger partial charge on any atom is 0.162 e. The Hall–Kier alpha value is -2.21. The quantitative estimate of drug-likeness (QED) is 0.580. The number of hydrogen-bond donors (Lipinski definition) is 3. The van der Waals surface area contributed by atoms with Crippen LogP contribution in [0.5, 0.6) is 5.75 Å². The van der Waals surface area contributed by atoms with Crippen LogP contribution >= 0.6 is 0 Å². The molecule has 0 atom stereocenters. The second-order valence-electron chi connectivity index (χ2n) is 5.55. The monoisotopic (exact) mass is 276 g/mol. The van der Waals surface area contributed by atoms with Crippen molar-refractivity contribution >= 4 is 5.82 Å². The molecule has 0 aliphatic heterocycles. The highest BCUT2D eigenvalue weighted by molar-refractivity contribution is 5.60. The van der Waals surface area contributed by atoms with Gasteiger partial charge in [0.2, 0.25) is 0 Å². The molecule has 1 aromatic heterocycles. The summed E-state index contributed by atoms with van der Waals surface area (Å²) >= 11 is 0. The van der Waals surface area contributed by atoms with Gasteiger partial charge in [-0.1, -0.05) is 20.8 Å². The third-order valence-corrected chi connectivity index (χ3v) is 2.78. The Balaban J connectivity index is 2.61. The van der Waals surface area contributed by atoms with Crippen LogP contribution in [-0.4, -0.2) is 15.1 Å². The highest BCUT2D eigenvalue weighted by Crippen LogP contribution is 2.27. The molecular weight excluding hydrogens is 259 g/mol. The van der Waals surface area contributed by atoms with Gasteiger partial charge in [-0.15, -0.1) is 0 Å². The van der Waals surface area contributed by atoms with E-state index in [1.54, 1.807) is 6.07 Å². The molecule has 0 aliphatic rings. The van der Waals surface area contributed by atoms with E-state index in [1.807, 2.05) is 20.8 Å². The summed E-state index contributed by atoms with van der Waals surface area (Å²) in [4.78, 5) is 8.61. The zero-order valence-electron chi connectivity index (χ0n) is 11.6. The molecule has 0 aliphatic carbocycles. The molecule has 0 saturated carbocycles. The molecule has 0 bridgehead atoms. The second kappa shape index (κ2) is 5.05. The first-order valence-corrected chi connectivity index (χ1v) is 6.16. The maximum absolute atomic E-state index is 13.4. The van der Waals surface area contributed by atoms with Crippen molar-refractivity contribution in [2.75, 3.05) is 5.43 Å². The van der Waals surface area contributed by atoms with Crippen molar-refractivity contribution in [2.24, 2.45) is 5.84 Å². The van der Waals surface area contributed by atoms with Crippen molar-refractivity contribution in [1.82, 2.24) is 9.97 Å².